The Morgan fingerprint density at radius 2 is 1.65 bits per heavy atom. The second-order valence-corrected chi connectivity index (χ2v) is 5.63. The molecular weight excluding hydrogens is 290 g/mol. The van der Waals surface area contributed by atoms with Gasteiger partial charge in [-0.15, -0.1) is 0 Å². The van der Waals surface area contributed by atoms with Gasteiger partial charge in [-0.1, -0.05) is 24.3 Å². The molecule has 1 N–H and O–H groups in total. The fraction of sp³-hybridized carbons (Fsp3) is 0.316. The van der Waals surface area contributed by atoms with Gasteiger partial charge >= 0.3 is 0 Å². The zero-order valence-corrected chi connectivity index (χ0v) is 14.0. The van der Waals surface area contributed by atoms with Crippen molar-refractivity contribution in [1.29, 1.82) is 0 Å². The number of amides is 1. The number of hydrogen-bond donors (Lipinski definition) is 1. The van der Waals surface area contributed by atoms with Crippen molar-refractivity contribution in [3.63, 3.8) is 0 Å². The first-order chi connectivity index (χ1) is 11.0. The molecule has 0 saturated carbocycles. The largest absolute Gasteiger partial charge is 0.497 e. The van der Waals surface area contributed by atoms with Gasteiger partial charge in [0, 0.05) is 0 Å². The van der Waals surface area contributed by atoms with Crippen molar-refractivity contribution in [1.82, 2.24) is 5.32 Å². The Kier molecular flexibility index (Phi) is 5.63. The molecule has 1 unspecified atom stereocenters. The number of carbonyl (C=O) groups excluding carboxylic acids is 1. The molecule has 0 aliphatic heterocycles. The van der Waals surface area contributed by atoms with Crippen LogP contribution in [0.3, 0.4) is 0 Å². The van der Waals surface area contributed by atoms with Crippen LogP contribution in [0.15, 0.2) is 48.5 Å². The van der Waals surface area contributed by atoms with Crippen molar-refractivity contribution >= 4 is 5.91 Å². The van der Waals surface area contributed by atoms with Crippen molar-refractivity contribution in [2.24, 2.45) is 0 Å². The molecule has 23 heavy (non-hydrogen) atoms. The van der Waals surface area contributed by atoms with E-state index in [1.54, 1.807) is 13.2 Å². The third kappa shape index (κ3) is 4.49. The Bertz CT molecular complexity index is 650. The Balaban J connectivity index is 2.11. The summed E-state index contributed by atoms with van der Waals surface area (Å²) in [5, 5.41) is 3.00. The van der Waals surface area contributed by atoms with E-state index in [2.05, 4.69) is 5.32 Å². The lowest BCUT2D eigenvalue weighted by Gasteiger charge is -2.17. The first-order valence-corrected chi connectivity index (χ1v) is 7.71. The van der Waals surface area contributed by atoms with Crippen LogP contribution in [0.5, 0.6) is 11.5 Å². The number of ether oxygens (including phenoxy) is 2. The van der Waals surface area contributed by atoms with Crippen molar-refractivity contribution < 1.29 is 14.3 Å². The van der Waals surface area contributed by atoms with Crippen molar-refractivity contribution in [2.75, 3.05) is 7.11 Å². The smallest absolute Gasteiger partial charge is 0.255 e. The summed E-state index contributed by atoms with van der Waals surface area (Å²) in [4.78, 5) is 12.5. The molecule has 0 aromatic heterocycles. The Labute approximate surface area is 137 Å². The van der Waals surface area contributed by atoms with Crippen LogP contribution in [0.1, 0.15) is 42.7 Å². The van der Waals surface area contributed by atoms with Crippen molar-refractivity contribution in [3.8, 4) is 11.5 Å². The number of benzene rings is 2. The van der Waals surface area contributed by atoms with Crippen LogP contribution in [0, 0.1) is 0 Å². The first kappa shape index (κ1) is 16.9. The van der Waals surface area contributed by atoms with E-state index in [0.29, 0.717) is 11.3 Å². The number of para-hydroxylation sites is 1. The average Bonchev–Trinajstić information content (AvgIpc) is 2.54. The van der Waals surface area contributed by atoms with Crippen LogP contribution in [0.2, 0.25) is 0 Å². The van der Waals surface area contributed by atoms with Gasteiger partial charge in [-0.2, -0.15) is 0 Å². The van der Waals surface area contributed by atoms with Gasteiger partial charge in [0.25, 0.3) is 5.91 Å². The minimum Gasteiger partial charge on any atom is -0.497 e. The summed E-state index contributed by atoms with van der Waals surface area (Å²) in [6.07, 6.45) is 0.0166. The zero-order chi connectivity index (χ0) is 16.8. The highest BCUT2D eigenvalue weighted by Crippen LogP contribution is 2.22. The summed E-state index contributed by atoms with van der Waals surface area (Å²) < 4.78 is 10.9. The van der Waals surface area contributed by atoms with Crippen LogP contribution in [-0.4, -0.2) is 19.1 Å². The second kappa shape index (κ2) is 7.68. The van der Waals surface area contributed by atoms with Gasteiger partial charge in [0.15, 0.2) is 0 Å². The van der Waals surface area contributed by atoms with Crippen LogP contribution in [0.25, 0.3) is 0 Å². The number of rotatable bonds is 6. The molecule has 2 rings (SSSR count). The lowest BCUT2D eigenvalue weighted by atomic mass is 10.1. The highest BCUT2D eigenvalue weighted by molar-refractivity contribution is 5.97. The van der Waals surface area contributed by atoms with E-state index in [-0.39, 0.29) is 18.1 Å². The van der Waals surface area contributed by atoms with E-state index in [1.165, 1.54) is 0 Å². The summed E-state index contributed by atoms with van der Waals surface area (Å²) >= 11 is 0. The average molecular weight is 313 g/mol. The molecule has 0 heterocycles. The third-order valence-corrected chi connectivity index (χ3v) is 3.46. The molecule has 122 valence electrons. The van der Waals surface area contributed by atoms with Crippen LogP contribution < -0.4 is 14.8 Å². The maximum atomic E-state index is 12.5. The number of nitrogens with one attached hydrogen (secondary N) is 1. The van der Waals surface area contributed by atoms with E-state index in [9.17, 15) is 4.79 Å². The van der Waals surface area contributed by atoms with E-state index < -0.39 is 0 Å². The molecule has 0 aliphatic carbocycles. The van der Waals surface area contributed by atoms with Gasteiger partial charge < -0.3 is 14.8 Å². The van der Waals surface area contributed by atoms with E-state index in [4.69, 9.17) is 9.47 Å². The van der Waals surface area contributed by atoms with Gasteiger partial charge in [-0.25, -0.2) is 0 Å². The van der Waals surface area contributed by atoms with Gasteiger partial charge in [0.05, 0.1) is 24.8 Å². The van der Waals surface area contributed by atoms with E-state index >= 15 is 0 Å². The summed E-state index contributed by atoms with van der Waals surface area (Å²) in [5.74, 6) is 1.24. The monoisotopic (exact) mass is 313 g/mol. The first-order valence-electron chi connectivity index (χ1n) is 7.71. The maximum absolute atomic E-state index is 12.5. The summed E-state index contributed by atoms with van der Waals surface area (Å²) in [5.41, 5.74) is 1.56. The lowest BCUT2D eigenvalue weighted by Crippen LogP contribution is -2.27. The van der Waals surface area contributed by atoms with Crippen molar-refractivity contribution in [2.45, 2.75) is 32.9 Å². The van der Waals surface area contributed by atoms with Crippen LogP contribution >= 0.6 is 0 Å². The van der Waals surface area contributed by atoms with Gasteiger partial charge in [-0.05, 0) is 50.6 Å². The molecule has 2 aromatic rings. The topological polar surface area (TPSA) is 47.6 Å². The molecule has 4 heteroatoms. The highest BCUT2D eigenvalue weighted by Gasteiger charge is 2.16. The SMILES string of the molecule is COc1ccc(C(C)NC(=O)c2ccccc2OC(C)C)cc1. The number of methoxy groups -OCH3 is 1. The van der Waals surface area contributed by atoms with Crippen LogP contribution in [-0.2, 0) is 0 Å². The summed E-state index contributed by atoms with van der Waals surface area (Å²) in [6, 6.07) is 14.8. The predicted octanol–water partition coefficient (Wildman–Crippen LogP) is 3.97. The molecule has 0 spiro atoms. The van der Waals surface area contributed by atoms with Gasteiger partial charge in [0.1, 0.15) is 11.5 Å². The second-order valence-electron chi connectivity index (χ2n) is 5.63. The minimum absolute atomic E-state index is 0.0166. The third-order valence-electron chi connectivity index (χ3n) is 3.46. The molecule has 4 nitrogen and oxygen atoms in total. The highest BCUT2D eigenvalue weighted by atomic mass is 16.5. The summed E-state index contributed by atoms with van der Waals surface area (Å²) in [7, 11) is 1.63. The van der Waals surface area contributed by atoms with Gasteiger partial charge in [0.2, 0.25) is 0 Å². The molecule has 0 fully saturated rings. The Hall–Kier alpha value is -2.49. The standard InChI is InChI=1S/C19H23NO3/c1-13(2)23-18-8-6-5-7-17(18)19(21)20-14(3)15-9-11-16(22-4)12-10-15/h5-14H,1-4H3,(H,20,21). The molecule has 1 amide bonds. The van der Waals surface area contributed by atoms with Crippen LogP contribution in [0.4, 0.5) is 0 Å². The molecule has 0 aliphatic rings. The molecule has 2 aromatic carbocycles. The minimum atomic E-state index is -0.149. The zero-order valence-electron chi connectivity index (χ0n) is 14.0. The van der Waals surface area contributed by atoms with Gasteiger partial charge in [-0.3, -0.25) is 4.79 Å². The predicted molar refractivity (Wildman–Crippen MR) is 91.1 cm³/mol. The quantitative estimate of drug-likeness (QED) is 0.877. The Morgan fingerprint density at radius 3 is 2.26 bits per heavy atom. The Morgan fingerprint density at radius 1 is 1.00 bits per heavy atom. The van der Waals surface area contributed by atoms with E-state index in [0.717, 1.165) is 11.3 Å². The summed E-state index contributed by atoms with van der Waals surface area (Å²) in [6.45, 7) is 5.83. The normalized spacial score (nSPS) is 11.9. The number of hydrogen-bond acceptors (Lipinski definition) is 3. The fourth-order valence-corrected chi connectivity index (χ4v) is 2.26. The molecule has 1 atom stereocenters. The molecule has 0 radical (unpaired) electrons. The fourth-order valence-electron chi connectivity index (χ4n) is 2.26. The van der Waals surface area contributed by atoms with Crippen molar-refractivity contribution in [3.05, 3.63) is 59.7 Å². The molecular formula is C19H23NO3. The number of carbonyl (C=O) groups is 1. The lowest BCUT2D eigenvalue weighted by molar-refractivity contribution is 0.0934. The molecule has 0 bridgehead atoms. The maximum Gasteiger partial charge on any atom is 0.255 e. The van der Waals surface area contributed by atoms with E-state index in [1.807, 2.05) is 63.2 Å². The molecule has 0 saturated heterocycles.